The Morgan fingerprint density at radius 1 is 1.21 bits per heavy atom. The highest BCUT2D eigenvalue weighted by Gasteiger charge is 2.67. The summed E-state index contributed by atoms with van der Waals surface area (Å²) < 4.78 is 27.1. The number of amides is 2. The second kappa shape index (κ2) is 10.6. The first-order chi connectivity index (χ1) is 18.6. The number of halogens is 1. The van der Waals surface area contributed by atoms with Gasteiger partial charge in [-0.25, -0.2) is 4.39 Å². The van der Waals surface area contributed by atoms with Crippen LogP contribution in [-0.2, 0) is 4.74 Å². The number of likely N-dealkylation sites (N-methyl/N-ethyl adjacent to an activating group) is 1. The van der Waals surface area contributed by atoms with Crippen LogP contribution in [0.2, 0.25) is 0 Å². The number of nitrogens with zero attached hydrogens (tertiary/aromatic N) is 4. The van der Waals surface area contributed by atoms with Gasteiger partial charge in [0.05, 0.1) is 31.0 Å². The van der Waals surface area contributed by atoms with Gasteiger partial charge in [-0.2, -0.15) is 0 Å². The number of benzene rings is 1. The maximum Gasteiger partial charge on any atom is 0.267 e. The minimum Gasteiger partial charge on any atom is -0.493 e. The van der Waals surface area contributed by atoms with Crippen molar-refractivity contribution >= 4 is 23.2 Å². The zero-order valence-electron chi connectivity index (χ0n) is 22.9. The molecule has 2 aromatic rings. The number of anilines is 2. The highest BCUT2D eigenvalue weighted by atomic mass is 19.1. The lowest BCUT2D eigenvalue weighted by atomic mass is 10.0. The summed E-state index contributed by atoms with van der Waals surface area (Å²) in [6, 6.07) is 6.51. The van der Waals surface area contributed by atoms with Crippen molar-refractivity contribution in [2.24, 2.45) is 23.0 Å². The summed E-state index contributed by atoms with van der Waals surface area (Å²) in [7, 11) is 3.45. The third kappa shape index (κ3) is 5.12. The van der Waals surface area contributed by atoms with E-state index in [0.29, 0.717) is 49.5 Å². The molecule has 210 valence electrons. The van der Waals surface area contributed by atoms with Gasteiger partial charge in [0, 0.05) is 44.6 Å². The number of pyridine rings is 1. The highest BCUT2D eigenvalue weighted by molar-refractivity contribution is 5.98. The van der Waals surface area contributed by atoms with Crippen molar-refractivity contribution in [3.63, 3.8) is 0 Å². The Hall–Kier alpha value is -3.44. The number of piperazine rings is 1. The number of methoxy groups -OCH3 is 1. The molecule has 2 amide bonds. The molecule has 0 radical (unpaired) electrons. The molecule has 39 heavy (non-hydrogen) atoms. The van der Waals surface area contributed by atoms with Crippen LogP contribution in [0.15, 0.2) is 30.5 Å². The van der Waals surface area contributed by atoms with Crippen molar-refractivity contribution in [2.45, 2.75) is 19.9 Å². The van der Waals surface area contributed by atoms with Crippen molar-refractivity contribution in [1.82, 2.24) is 14.8 Å². The zero-order valence-corrected chi connectivity index (χ0v) is 22.9. The molecule has 3 heterocycles. The van der Waals surface area contributed by atoms with Gasteiger partial charge in [0.1, 0.15) is 12.4 Å². The minimum absolute atomic E-state index is 0.0134. The predicted molar refractivity (Wildman–Crippen MR) is 145 cm³/mol. The van der Waals surface area contributed by atoms with Gasteiger partial charge < -0.3 is 35.2 Å². The van der Waals surface area contributed by atoms with Crippen molar-refractivity contribution in [2.75, 3.05) is 70.4 Å². The number of ether oxygens (including phenoxy) is 2. The normalized spacial score (nSPS) is 23.9. The van der Waals surface area contributed by atoms with Gasteiger partial charge in [-0.3, -0.25) is 14.6 Å². The summed E-state index contributed by atoms with van der Waals surface area (Å²) in [4.78, 5) is 35.1. The smallest absolute Gasteiger partial charge is 0.267 e. The van der Waals surface area contributed by atoms with Gasteiger partial charge in [-0.05, 0) is 48.6 Å². The first-order valence-corrected chi connectivity index (χ1v) is 13.3. The number of fused-ring (bicyclic) bond motifs is 1. The van der Waals surface area contributed by atoms with E-state index in [-0.39, 0.29) is 41.1 Å². The minimum atomic E-state index is -0.606. The van der Waals surface area contributed by atoms with Crippen LogP contribution >= 0.6 is 0 Å². The Morgan fingerprint density at radius 3 is 2.64 bits per heavy atom. The molecule has 5 rings (SSSR count). The number of rotatable bonds is 9. The number of piperidine rings is 1. The lowest BCUT2D eigenvalue weighted by Crippen LogP contribution is -2.45. The topological polar surface area (TPSA) is 113 Å². The van der Waals surface area contributed by atoms with E-state index in [0.717, 1.165) is 13.1 Å². The van der Waals surface area contributed by atoms with Crippen molar-refractivity contribution in [1.29, 1.82) is 0 Å². The number of nitrogens with two attached hydrogens (primary N) is 1. The van der Waals surface area contributed by atoms with Crippen LogP contribution in [0, 0.1) is 23.1 Å². The summed E-state index contributed by atoms with van der Waals surface area (Å²) in [5.74, 6) is -0.709. The molecule has 1 aromatic heterocycles. The fraction of sp³-hybridized carbons (Fsp3) is 0.536. The van der Waals surface area contributed by atoms with E-state index in [1.54, 1.807) is 24.3 Å². The number of carbonyl (C=O) groups excluding carboxylic acids is 2. The molecule has 1 aliphatic carbocycles. The van der Waals surface area contributed by atoms with Crippen LogP contribution in [-0.4, -0.2) is 92.9 Å². The second-order valence-corrected chi connectivity index (χ2v) is 11.2. The fourth-order valence-corrected chi connectivity index (χ4v) is 6.22. The Balaban J connectivity index is 1.28. The standard InChI is InChI=1S/C28H37FN6O4/c1-28(2)19-14-35(22(23(19)28)15-39-16-32-17-7-8-31-20(13-17)26(30)36)27(37)18-5-6-21(24(29)25(18)38-4)34-11-9-33(3)10-12-34/h5-8,13,19,22-23H,9-12,14-16H2,1-4H3,(H2,30,36)(H,31,32)/t19-,22+,23-/m0/s1. The molecule has 3 aliphatic rings. The fourth-order valence-electron chi connectivity index (χ4n) is 6.22. The van der Waals surface area contributed by atoms with Crippen molar-refractivity contribution in [3.05, 3.63) is 47.5 Å². The third-order valence-electron chi connectivity index (χ3n) is 8.64. The van der Waals surface area contributed by atoms with Crippen LogP contribution < -0.4 is 20.7 Å². The number of aromatic nitrogens is 1. The Morgan fingerprint density at radius 2 is 1.95 bits per heavy atom. The molecule has 2 saturated heterocycles. The molecule has 1 saturated carbocycles. The van der Waals surface area contributed by atoms with Gasteiger partial charge in [0.15, 0.2) is 11.6 Å². The molecule has 1 aromatic carbocycles. The van der Waals surface area contributed by atoms with Crippen molar-refractivity contribution < 1.29 is 23.5 Å². The quantitative estimate of drug-likeness (QED) is 0.368. The SMILES string of the molecule is COc1c(C(=O)N2C[C@H]3[C@@H]([C@H]2COCNc2ccnc(C(N)=O)c2)C3(C)C)ccc(N2CCN(C)CC2)c1F. The second-order valence-electron chi connectivity index (χ2n) is 11.2. The van der Waals surface area contributed by atoms with Gasteiger partial charge in [-0.15, -0.1) is 0 Å². The number of hydrogen-bond donors (Lipinski definition) is 2. The Kier molecular flexibility index (Phi) is 7.39. The predicted octanol–water partition coefficient (Wildman–Crippen LogP) is 2.26. The lowest BCUT2D eigenvalue weighted by Gasteiger charge is -2.35. The van der Waals surface area contributed by atoms with E-state index in [2.05, 4.69) is 29.0 Å². The summed E-state index contributed by atoms with van der Waals surface area (Å²) in [6.07, 6.45) is 1.50. The largest absolute Gasteiger partial charge is 0.493 e. The number of nitrogens with one attached hydrogen (secondary N) is 1. The van der Waals surface area contributed by atoms with Crippen LogP contribution in [0.25, 0.3) is 0 Å². The number of primary amides is 1. The molecule has 0 unspecified atom stereocenters. The number of carbonyl (C=O) groups is 2. The summed E-state index contributed by atoms with van der Waals surface area (Å²) in [5, 5.41) is 3.10. The summed E-state index contributed by atoms with van der Waals surface area (Å²) in [5.41, 5.74) is 6.92. The molecule has 2 aliphatic heterocycles. The molecule has 0 bridgehead atoms. The molecule has 0 spiro atoms. The number of hydrogen-bond acceptors (Lipinski definition) is 8. The zero-order chi connectivity index (χ0) is 27.9. The lowest BCUT2D eigenvalue weighted by molar-refractivity contribution is 0.0448. The third-order valence-corrected chi connectivity index (χ3v) is 8.64. The van der Waals surface area contributed by atoms with E-state index in [9.17, 15) is 9.59 Å². The number of likely N-dealkylation sites (tertiary alicyclic amines) is 1. The van der Waals surface area contributed by atoms with E-state index in [4.69, 9.17) is 15.2 Å². The van der Waals surface area contributed by atoms with Crippen LogP contribution in [0.5, 0.6) is 5.75 Å². The Bertz CT molecular complexity index is 1250. The molecule has 3 N–H and O–H groups in total. The molecule has 3 atom stereocenters. The monoisotopic (exact) mass is 540 g/mol. The van der Waals surface area contributed by atoms with Crippen molar-refractivity contribution in [3.8, 4) is 5.75 Å². The average Bonchev–Trinajstić information content (AvgIpc) is 3.24. The van der Waals surface area contributed by atoms with E-state index < -0.39 is 11.7 Å². The first-order valence-electron chi connectivity index (χ1n) is 13.3. The maximum absolute atomic E-state index is 15.6. The molecular weight excluding hydrogens is 503 g/mol. The van der Waals surface area contributed by atoms with Crippen LogP contribution in [0.4, 0.5) is 15.8 Å². The maximum atomic E-state index is 15.6. The first kappa shape index (κ1) is 27.1. The Labute approximate surface area is 228 Å². The molecular formula is C28H37FN6O4. The van der Waals surface area contributed by atoms with Gasteiger partial charge in [0.2, 0.25) is 0 Å². The van der Waals surface area contributed by atoms with Gasteiger partial charge >= 0.3 is 0 Å². The van der Waals surface area contributed by atoms with Gasteiger partial charge in [-0.1, -0.05) is 13.8 Å². The van der Waals surface area contributed by atoms with Gasteiger partial charge in [0.25, 0.3) is 11.8 Å². The molecule has 3 fully saturated rings. The highest BCUT2D eigenvalue weighted by Crippen LogP contribution is 2.65. The average molecular weight is 541 g/mol. The van der Waals surface area contributed by atoms with E-state index in [1.807, 2.05) is 16.8 Å². The van der Waals surface area contributed by atoms with E-state index >= 15 is 4.39 Å². The molecule has 11 heteroatoms. The summed E-state index contributed by atoms with van der Waals surface area (Å²) >= 11 is 0. The summed E-state index contributed by atoms with van der Waals surface area (Å²) in [6.45, 7) is 8.63. The molecule has 10 nitrogen and oxygen atoms in total. The van der Waals surface area contributed by atoms with Crippen LogP contribution in [0.1, 0.15) is 34.7 Å². The van der Waals surface area contributed by atoms with E-state index in [1.165, 1.54) is 13.3 Å². The van der Waals surface area contributed by atoms with Crippen LogP contribution in [0.3, 0.4) is 0 Å².